The number of hydrogen-bond acceptors (Lipinski definition) is 7. The van der Waals surface area contributed by atoms with Gasteiger partial charge in [0.05, 0.1) is 11.5 Å². The summed E-state index contributed by atoms with van der Waals surface area (Å²) in [5, 5.41) is 15.7. The predicted molar refractivity (Wildman–Crippen MR) is 99.7 cm³/mol. The number of carbonyl (C=O) groups excluding carboxylic acids is 1. The Morgan fingerprint density at radius 1 is 1.26 bits per heavy atom. The molecule has 2 aliphatic rings. The second-order valence-corrected chi connectivity index (χ2v) is 6.31. The summed E-state index contributed by atoms with van der Waals surface area (Å²) >= 11 is 0. The molecule has 2 heterocycles. The molecule has 8 heteroatoms. The average Bonchev–Trinajstić information content (AvgIpc) is 3.12. The first-order chi connectivity index (χ1) is 13.1. The van der Waals surface area contributed by atoms with Gasteiger partial charge in [-0.1, -0.05) is 47.6 Å². The number of aromatic nitrogens is 3. The normalized spacial score (nSPS) is 20.3. The van der Waals surface area contributed by atoms with Crippen LogP contribution in [0.15, 0.2) is 59.3 Å². The fourth-order valence-electron chi connectivity index (χ4n) is 3.05. The Labute approximate surface area is 155 Å². The maximum atomic E-state index is 11.6. The third kappa shape index (κ3) is 3.29. The van der Waals surface area contributed by atoms with Crippen LogP contribution >= 0.6 is 0 Å². The number of fused-ring (bicyclic) bond motifs is 1. The van der Waals surface area contributed by atoms with Gasteiger partial charge in [0.2, 0.25) is 11.7 Å². The quantitative estimate of drug-likeness (QED) is 0.833. The Balaban J connectivity index is 1.56. The first-order valence-corrected chi connectivity index (χ1v) is 8.55. The van der Waals surface area contributed by atoms with Crippen molar-refractivity contribution < 1.29 is 9.63 Å². The number of carbonyl (C=O) groups is 1. The van der Waals surface area contributed by atoms with E-state index in [2.05, 4.69) is 25.7 Å². The molecule has 0 saturated carbocycles. The monoisotopic (exact) mass is 362 g/mol. The molecular formula is C19H18N6O2. The van der Waals surface area contributed by atoms with Gasteiger partial charge in [0.15, 0.2) is 11.9 Å². The molecule has 1 amide bonds. The van der Waals surface area contributed by atoms with Gasteiger partial charge >= 0.3 is 0 Å². The van der Waals surface area contributed by atoms with E-state index in [-0.39, 0.29) is 5.92 Å². The Kier molecular flexibility index (Phi) is 4.37. The second kappa shape index (κ2) is 6.99. The van der Waals surface area contributed by atoms with E-state index in [4.69, 9.17) is 10.6 Å². The van der Waals surface area contributed by atoms with Crippen molar-refractivity contribution in [2.24, 2.45) is 16.8 Å². The van der Waals surface area contributed by atoms with Gasteiger partial charge < -0.3 is 15.9 Å². The van der Waals surface area contributed by atoms with Gasteiger partial charge in [-0.05, 0) is 18.6 Å². The van der Waals surface area contributed by atoms with Gasteiger partial charge in [0.1, 0.15) is 11.4 Å². The van der Waals surface area contributed by atoms with Crippen molar-refractivity contribution in [3.05, 3.63) is 71.2 Å². The summed E-state index contributed by atoms with van der Waals surface area (Å²) in [5.74, 6) is 0.183. The molecule has 2 aromatic rings. The Hall–Kier alpha value is -3.55. The van der Waals surface area contributed by atoms with E-state index >= 15 is 0 Å². The molecule has 0 radical (unpaired) electrons. The average molecular weight is 362 g/mol. The van der Waals surface area contributed by atoms with Crippen molar-refractivity contribution in [3.8, 4) is 0 Å². The largest absolute Gasteiger partial charge is 0.386 e. The van der Waals surface area contributed by atoms with Crippen LogP contribution < -0.4 is 11.1 Å². The van der Waals surface area contributed by atoms with E-state index in [9.17, 15) is 4.79 Å². The molecule has 0 saturated heterocycles. The van der Waals surface area contributed by atoms with Crippen LogP contribution in [0.1, 0.15) is 17.1 Å². The molecule has 0 bridgehead atoms. The number of anilines is 1. The van der Waals surface area contributed by atoms with Crippen LogP contribution in [-0.2, 0) is 16.2 Å². The lowest BCUT2D eigenvalue weighted by Gasteiger charge is -2.19. The molecule has 136 valence electrons. The number of primary amides is 1. The Morgan fingerprint density at radius 3 is 2.85 bits per heavy atom. The summed E-state index contributed by atoms with van der Waals surface area (Å²) in [7, 11) is 0. The van der Waals surface area contributed by atoms with E-state index in [1.807, 2.05) is 43.3 Å². The predicted octanol–water partition coefficient (Wildman–Crippen LogP) is 1.49. The number of nitrogens with one attached hydrogen (secondary N) is 1. The van der Waals surface area contributed by atoms with Crippen LogP contribution in [-0.4, -0.2) is 32.9 Å². The maximum absolute atomic E-state index is 11.6. The summed E-state index contributed by atoms with van der Waals surface area (Å²) in [6, 6.07) is 10.00. The molecule has 0 spiro atoms. The highest BCUT2D eigenvalue weighted by atomic mass is 16.6. The van der Waals surface area contributed by atoms with Crippen LogP contribution in [0.2, 0.25) is 0 Å². The molecule has 1 aromatic heterocycles. The lowest BCUT2D eigenvalue weighted by Crippen LogP contribution is -2.33. The number of nitrogens with zero attached hydrogens (tertiary/aromatic N) is 4. The van der Waals surface area contributed by atoms with E-state index in [0.29, 0.717) is 35.2 Å². The summed E-state index contributed by atoms with van der Waals surface area (Å²) in [5.41, 5.74) is 8.14. The van der Waals surface area contributed by atoms with E-state index in [1.165, 1.54) is 0 Å². The Morgan fingerprint density at radius 2 is 2.07 bits per heavy atom. The van der Waals surface area contributed by atoms with Crippen molar-refractivity contribution >= 4 is 17.4 Å². The fourth-order valence-corrected chi connectivity index (χ4v) is 3.05. The molecule has 4 rings (SSSR count). The summed E-state index contributed by atoms with van der Waals surface area (Å²) < 4.78 is 0. The number of amides is 1. The molecule has 1 aliphatic heterocycles. The van der Waals surface area contributed by atoms with E-state index in [1.54, 1.807) is 12.2 Å². The minimum atomic E-state index is -0.548. The standard InChI is InChI=1S/C19H18N6O2/c1-11-18(21-10-12-6-3-2-4-7-12)22-19(24-23-11)15-13-8-5-9-14(17(20)26)16(13)27-25-15/h2-9,13,16H,10H2,1H3,(H2,20,26)(H,21,22,24). The number of aryl methyl sites for hydroxylation is 1. The van der Waals surface area contributed by atoms with E-state index < -0.39 is 12.0 Å². The third-order valence-electron chi connectivity index (χ3n) is 4.48. The van der Waals surface area contributed by atoms with Crippen molar-refractivity contribution in [2.75, 3.05) is 5.32 Å². The number of allylic oxidation sites excluding steroid dienone is 2. The molecule has 2 unspecified atom stereocenters. The van der Waals surface area contributed by atoms with Gasteiger partial charge in [-0.25, -0.2) is 4.98 Å². The first-order valence-electron chi connectivity index (χ1n) is 8.55. The Bertz CT molecular complexity index is 967. The topological polar surface area (TPSA) is 115 Å². The minimum Gasteiger partial charge on any atom is -0.386 e. The summed E-state index contributed by atoms with van der Waals surface area (Å²) in [6.45, 7) is 2.45. The van der Waals surface area contributed by atoms with Gasteiger partial charge in [0, 0.05) is 6.54 Å². The van der Waals surface area contributed by atoms with Gasteiger partial charge in [-0.3, -0.25) is 4.79 Å². The van der Waals surface area contributed by atoms with Gasteiger partial charge in [-0.2, -0.15) is 0 Å². The third-order valence-corrected chi connectivity index (χ3v) is 4.48. The van der Waals surface area contributed by atoms with Crippen LogP contribution in [0.4, 0.5) is 5.82 Å². The van der Waals surface area contributed by atoms with Crippen molar-refractivity contribution in [3.63, 3.8) is 0 Å². The fraction of sp³-hybridized carbons (Fsp3) is 0.211. The van der Waals surface area contributed by atoms with Crippen LogP contribution in [0.3, 0.4) is 0 Å². The zero-order valence-corrected chi connectivity index (χ0v) is 14.7. The highest BCUT2D eigenvalue weighted by molar-refractivity contribution is 6.04. The van der Waals surface area contributed by atoms with Gasteiger partial charge in [0.25, 0.3) is 0 Å². The molecule has 1 aromatic carbocycles. The lowest BCUT2D eigenvalue weighted by molar-refractivity contribution is -0.116. The van der Waals surface area contributed by atoms with Gasteiger partial charge in [-0.15, -0.1) is 10.2 Å². The van der Waals surface area contributed by atoms with Crippen molar-refractivity contribution in [1.82, 2.24) is 15.2 Å². The molecule has 0 fully saturated rings. The zero-order valence-electron chi connectivity index (χ0n) is 14.7. The maximum Gasteiger partial charge on any atom is 0.248 e. The highest BCUT2D eigenvalue weighted by Crippen LogP contribution is 2.31. The number of rotatable bonds is 5. The number of nitrogens with two attached hydrogens (primary N) is 1. The molecule has 27 heavy (non-hydrogen) atoms. The molecular weight excluding hydrogens is 344 g/mol. The molecule has 8 nitrogen and oxygen atoms in total. The SMILES string of the molecule is Cc1nnc(C2=NOC3C(C(N)=O)=CC=CC23)nc1NCc1ccccc1. The molecule has 2 atom stereocenters. The van der Waals surface area contributed by atoms with Crippen LogP contribution in [0.5, 0.6) is 0 Å². The number of benzene rings is 1. The van der Waals surface area contributed by atoms with Crippen LogP contribution in [0.25, 0.3) is 0 Å². The van der Waals surface area contributed by atoms with E-state index in [0.717, 1.165) is 5.56 Å². The van der Waals surface area contributed by atoms with Crippen molar-refractivity contribution in [2.45, 2.75) is 19.6 Å². The number of hydrogen-bond donors (Lipinski definition) is 2. The lowest BCUT2D eigenvalue weighted by atomic mass is 9.87. The zero-order chi connectivity index (χ0) is 18.8. The molecule has 3 N–H and O–H groups in total. The highest BCUT2D eigenvalue weighted by Gasteiger charge is 2.40. The molecule has 1 aliphatic carbocycles. The summed E-state index contributed by atoms with van der Waals surface area (Å²) in [6.07, 6.45) is 4.75. The van der Waals surface area contributed by atoms with Crippen LogP contribution in [0, 0.1) is 12.8 Å². The summed E-state index contributed by atoms with van der Waals surface area (Å²) in [4.78, 5) is 21.6. The first kappa shape index (κ1) is 16.9. The second-order valence-electron chi connectivity index (χ2n) is 6.31. The minimum absolute atomic E-state index is 0.274. The van der Waals surface area contributed by atoms with Crippen molar-refractivity contribution in [1.29, 1.82) is 0 Å². The number of oxime groups is 1. The smallest absolute Gasteiger partial charge is 0.248 e.